The Morgan fingerprint density at radius 2 is 2.06 bits per heavy atom. The molecule has 0 radical (unpaired) electrons. The van der Waals surface area contributed by atoms with Gasteiger partial charge >= 0.3 is 12.3 Å². The van der Waals surface area contributed by atoms with Crippen molar-refractivity contribution in [1.29, 1.82) is 0 Å². The van der Waals surface area contributed by atoms with Crippen molar-refractivity contribution in [3.05, 3.63) is 12.3 Å². The number of carbonyl (C=O) groups excluding carboxylic acids is 2. The van der Waals surface area contributed by atoms with Gasteiger partial charge in [-0.1, -0.05) is 0 Å². The van der Waals surface area contributed by atoms with Crippen molar-refractivity contribution < 1.29 is 27.5 Å². The summed E-state index contributed by atoms with van der Waals surface area (Å²) >= 11 is 0. The minimum atomic E-state index is -4.09. The number of halogens is 3. The lowest BCUT2D eigenvalue weighted by Crippen LogP contribution is -2.26. The predicted octanol–water partition coefficient (Wildman–Crippen LogP) is 1.94. The third-order valence-corrected chi connectivity index (χ3v) is 2.77. The maximum absolute atomic E-state index is 12.5. The van der Waals surface area contributed by atoms with Crippen LogP contribution >= 0.6 is 0 Å². The van der Waals surface area contributed by atoms with E-state index < -0.39 is 11.6 Å². The number of H-pyrrole nitrogens is 1. The van der Waals surface area contributed by atoms with Gasteiger partial charge in [-0.3, -0.25) is 0 Å². The smallest absolute Gasteiger partial charge is 0.394 e. The minimum Gasteiger partial charge on any atom is -0.478 e. The average Bonchev–Trinajstić information content (AvgIpc) is 2.89. The van der Waals surface area contributed by atoms with E-state index >= 15 is 0 Å². The van der Waals surface area contributed by atoms with Gasteiger partial charge in [0.25, 0.3) is 0 Å². The monoisotopic (exact) mass is 264 g/mol. The highest BCUT2D eigenvalue weighted by Crippen LogP contribution is 2.59. The zero-order valence-corrected chi connectivity index (χ0v) is 9.29. The molecule has 1 aromatic rings. The third-order valence-electron chi connectivity index (χ3n) is 2.77. The maximum Gasteiger partial charge on any atom is 0.394 e. The third kappa shape index (κ3) is 3.59. The van der Waals surface area contributed by atoms with E-state index in [-0.39, 0.29) is 32.0 Å². The van der Waals surface area contributed by atoms with Crippen LogP contribution in [-0.2, 0) is 9.59 Å². The number of hydrogen-bond donors (Lipinski definition) is 1. The van der Waals surface area contributed by atoms with E-state index in [0.717, 1.165) is 0 Å². The van der Waals surface area contributed by atoms with Gasteiger partial charge in [-0.15, -0.1) is 0 Å². The molecule has 1 aliphatic carbocycles. The molecule has 1 N–H and O–H groups in total. The molecule has 1 heterocycles. The van der Waals surface area contributed by atoms with Crippen molar-refractivity contribution in [1.82, 2.24) is 10.2 Å². The van der Waals surface area contributed by atoms with Crippen LogP contribution in [0.2, 0.25) is 0 Å². The topological polar surface area (TPSA) is 72.0 Å². The molecule has 8 heteroatoms. The normalized spacial score (nSPS) is 16.2. The molecular formula is C10H11F3N2O3. The second-order valence-electron chi connectivity index (χ2n) is 3.88. The standard InChI is InChI=1S/C9H11F3N2O.CO2/c10-9(11,12)8(2-3-8)4-6-15-7-1-5-13-14-7;2-1-3/h1,5H,2-4,6H2,(H,13,14);. The van der Waals surface area contributed by atoms with Gasteiger partial charge in [0.1, 0.15) is 0 Å². The first-order valence-corrected chi connectivity index (χ1v) is 5.13. The largest absolute Gasteiger partial charge is 0.478 e. The molecule has 0 aliphatic heterocycles. The fraction of sp³-hybridized carbons (Fsp3) is 0.600. The van der Waals surface area contributed by atoms with Crippen LogP contribution in [-0.4, -0.2) is 29.1 Å². The summed E-state index contributed by atoms with van der Waals surface area (Å²) in [6, 6.07) is 1.58. The van der Waals surface area contributed by atoms with E-state index in [1.165, 1.54) is 6.20 Å². The number of nitrogens with zero attached hydrogens (tertiary/aromatic N) is 1. The van der Waals surface area contributed by atoms with E-state index in [1.807, 2.05) is 0 Å². The Hall–Kier alpha value is -1.82. The van der Waals surface area contributed by atoms with Crippen LogP contribution < -0.4 is 4.74 Å². The average molecular weight is 264 g/mol. The molecule has 0 aromatic carbocycles. The van der Waals surface area contributed by atoms with Gasteiger partial charge in [0, 0.05) is 6.07 Å². The van der Waals surface area contributed by atoms with Gasteiger partial charge in [0.15, 0.2) is 0 Å². The molecule has 1 fully saturated rings. The van der Waals surface area contributed by atoms with Gasteiger partial charge in [-0.2, -0.15) is 27.9 Å². The van der Waals surface area contributed by atoms with Crippen LogP contribution in [0.1, 0.15) is 19.3 Å². The van der Waals surface area contributed by atoms with Crippen molar-refractivity contribution in [2.24, 2.45) is 5.41 Å². The van der Waals surface area contributed by atoms with Crippen LogP contribution in [0.5, 0.6) is 5.88 Å². The molecule has 1 aromatic heterocycles. The quantitative estimate of drug-likeness (QED) is 0.902. The van der Waals surface area contributed by atoms with E-state index in [0.29, 0.717) is 5.88 Å². The Bertz CT molecular complexity index is 393. The number of ether oxygens (including phenoxy) is 1. The van der Waals surface area contributed by atoms with Crippen LogP contribution in [0.4, 0.5) is 13.2 Å². The number of nitrogens with one attached hydrogen (secondary N) is 1. The molecule has 0 atom stereocenters. The molecule has 100 valence electrons. The van der Waals surface area contributed by atoms with Crippen LogP contribution in [0.15, 0.2) is 12.3 Å². The molecule has 18 heavy (non-hydrogen) atoms. The fourth-order valence-corrected chi connectivity index (χ4v) is 1.51. The molecule has 5 nitrogen and oxygen atoms in total. The Morgan fingerprint density at radius 3 is 2.44 bits per heavy atom. The lowest BCUT2D eigenvalue weighted by atomic mass is 10.0. The Kier molecular flexibility index (Phi) is 4.49. The van der Waals surface area contributed by atoms with Crippen LogP contribution in [0.3, 0.4) is 0 Å². The zero-order valence-electron chi connectivity index (χ0n) is 9.29. The summed E-state index contributed by atoms with van der Waals surface area (Å²) in [4.78, 5) is 16.2. The Morgan fingerprint density at radius 1 is 1.44 bits per heavy atom. The first-order chi connectivity index (χ1) is 8.45. The molecule has 2 rings (SSSR count). The number of rotatable bonds is 4. The van der Waals surface area contributed by atoms with Crippen molar-refractivity contribution in [3.8, 4) is 5.88 Å². The zero-order chi connectivity index (χ0) is 13.6. The van der Waals surface area contributed by atoms with Crippen molar-refractivity contribution >= 4 is 6.15 Å². The Labute approximate surface area is 100 Å². The molecule has 1 saturated carbocycles. The molecule has 1 aliphatic rings. The highest BCUT2D eigenvalue weighted by molar-refractivity contribution is 5.20. The van der Waals surface area contributed by atoms with Gasteiger partial charge in [-0.05, 0) is 19.3 Å². The minimum absolute atomic E-state index is 0.0233. The predicted molar refractivity (Wildman–Crippen MR) is 51.4 cm³/mol. The van der Waals surface area contributed by atoms with Gasteiger partial charge in [0.2, 0.25) is 5.88 Å². The van der Waals surface area contributed by atoms with Crippen LogP contribution in [0, 0.1) is 5.41 Å². The van der Waals surface area contributed by atoms with Crippen LogP contribution in [0.25, 0.3) is 0 Å². The van der Waals surface area contributed by atoms with Crippen molar-refractivity contribution in [2.75, 3.05) is 6.61 Å². The number of aromatic nitrogens is 2. The van der Waals surface area contributed by atoms with Crippen molar-refractivity contribution in [2.45, 2.75) is 25.4 Å². The molecule has 0 spiro atoms. The highest BCUT2D eigenvalue weighted by atomic mass is 19.4. The SMILES string of the molecule is FC(F)(F)C1(CCOc2ccn[nH]2)CC1.O=C=O. The molecular weight excluding hydrogens is 253 g/mol. The van der Waals surface area contributed by atoms with Crippen molar-refractivity contribution in [3.63, 3.8) is 0 Å². The highest BCUT2D eigenvalue weighted by Gasteiger charge is 2.62. The first-order valence-electron chi connectivity index (χ1n) is 5.13. The van der Waals surface area contributed by atoms with Gasteiger partial charge in [-0.25, -0.2) is 5.10 Å². The summed E-state index contributed by atoms with van der Waals surface area (Å²) in [5.74, 6) is 0.410. The van der Waals surface area contributed by atoms with Gasteiger partial charge < -0.3 is 4.74 Å². The second kappa shape index (κ2) is 5.68. The number of alkyl halides is 3. The molecule has 0 bridgehead atoms. The first kappa shape index (κ1) is 14.2. The summed E-state index contributed by atoms with van der Waals surface area (Å²) in [5.41, 5.74) is -1.48. The number of hydrogen-bond acceptors (Lipinski definition) is 4. The summed E-state index contributed by atoms with van der Waals surface area (Å²) < 4.78 is 42.6. The lowest BCUT2D eigenvalue weighted by Gasteiger charge is -2.18. The summed E-state index contributed by atoms with van der Waals surface area (Å²) in [6.07, 6.45) is -1.88. The van der Waals surface area contributed by atoms with Gasteiger partial charge in [0.05, 0.1) is 18.2 Å². The number of aromatic amines is 1. The summed E-state index contributed by atoms with van der Waals surface area (Å²) in [5, 5.41) is 6.16. The maximum atomic E-state index is 12.5. The lowest BCUT2D eigenvalue weighted by molar-refractivity contribution is -0.192. The van der Waals surface area contributed by atoms with E-state index in [1.54, 1.807) is 6.07 Å². The van der Waals surface area contributed by atoms with E-state index in [2.05, 4.69) is 10.2 Å². The molecule has 0 unspecified atom stereocenters. The second-order valence-corrected chi connectivity index (χ2v) is 3.88. The molecule has 0 saturated heterocycles. The molecule has 0 amide bonds. The fourth-order valence-electron chi connectivity index (χ4n) is 1.51. The summed E-state index contributed by atoms with van der Waals surface area (Å²) in [7, 11) is 0. The summed E-state index contributed by atoms with van der Waals surface area (Å²) in [6.45, 7) is 0.0711. The van der Waals surface area contributed by atoms with E-state index in [4.69, 9.17) is 14.3 Å². The Balaban J connectivity index is 0.000000492. The van der Waals surface area contributed by atoms with E-state index in [9.17, 15) is 13.2 Å².